The minimum Gasteiger partial charge on any atom is -0.497 e. The molecule has 2 N–H and O–H groups in total. The number of nitrogens with zero attached hydrogens (tertiary/aromatic N) is 2. The predicted molar refractivity (Wildman–Crippen MR) is 118 cm³/mol. The molecule has 0 saturated carbocycles. The fourth-order valence-corrected chi connectivity index (χ4v) is 4.06. The highest BCUT2D eigenvalue weighted by molar-refractivity contribution is 5.91. The van der Waals surface area contributed by atoms with Crippen molar-refractivity contribution in [2.45, 2.75) is 51.5 Å². The van der Waals surface area contributed by atoms with Crippen molar-refractivity contribution in [1.82, 2.24) is 15.2 Å². The Balaban J connectivity index is 1.32. The lowest BCUT2D eigenvalue weighted by Crippen LogP contribution is -2.45. The molecule has 1 aliphatic heterocycles. The fourth-order valence-electron chi connectivity index (χ4n) is 4.06. The molecule has 1 atom stereocenters. The molecule has 0 spiro atoms. The van der Waals surface area contributed by atoms with Crippen LogP contribution in [0.2, 0.25) is 0 Å². The van der Waals surface area contributed by atoms with E-state index in [1.54, 1.807) is 7.11 Å². The van der Waals surface area contributed by atoms with E-state index in [1.807, 2.05) is 24.4 Å². The maximum Gasteiger partial charge on any atom is 0.121 e. The molecular weight excluding hydrogens is 348 g/mol. The van der Waals surface area contributed by atoms with Crippen molar-refractivity contribution < 1.29 is 4.74 Å². The first-order valence-electron chi connectivity index (χ1n) is 10.9. The summed E-state index contributed by atoms with van der Waals surface area (Å²) in [5, 5.41) is 8.42. The maximum absolute atomic E-state index is 5.42. The van der Waals surface area contributed by atoms with Gasteiger partial charge in [-0.1, -0.05) is 25.8 Å². The second-order valence-corrected chi connectivity index (χ2v) is 7.78. The minimum atomic E-state index is 0.698. The van der Waals surface area contributed by atoms with E-state index in [-0.39, 0.29) is 0 Å². The first-order valence-corrected chi connectivity index (χ1v) is 10.9. The number of anilines is 1. The Morgan fingerprint density at radius 1 is 1.18 bits per heavy atom. The van der Waals surface area contributed by atoms with Crippen molar-refractivity contribution in [1.29, 1.82) is 0 Å². The number of methoxy groups -OCH3 is 1. The fraction of sp³-hybridized carbons (Fsp3) is 0.609. The van der Waals surface area contributed by atoms with E-state index < -0.39 is 0 Å². The topological polar surface area (TPSA) is 49.4 Å². The Morgan fingerprint density at radius 3 is 2.86 bits per heavy atom. The van der Waals surface area contributed by atoms with Crippen molar-refractivity contribution in [3.8, 4) is 5.75 Å². The van der Waals surface area contributed by atoms with Gasteiger partial charge >= 0.3 is 0 Å². The number of hydrogen-bond acceptors (Lipinski definition) is 5. The average molecular weight is 385 g/mol. The van der Waals surface area contributed by atoms with Gasteiger partial charge in [0.25, 0.3) is 0 Å². The summed E-state index contributed by atoms with van der Waals surface area (Å²) in [5.41, 5.74) is 2.08. The van der Waals surface area contributed by atoms with E-state index in [0.717, 1.165) is 35.4 Å². The molecule has 28 heavy (non-hydrogen) atoms. The lowest BCUT2D eigenvalue weighted by atomic mass is 10.1. The van der Waals surface area contributed by atoms with Crippen molar-refractivity contribution in [2.75, 3.05) is 45.2 Å². The van der Waals surface area contributed by atoms with Gasteiger partial charge < -0.3 is 20.3 Å². The molecule has 1 unspecified atom stereocenters. The van der Waals surface area contributed by atoms with E-state index in [9.17, 15) is 0 Å². The summed E-state index contributed by atoms with van der Waals surface area (Å²) in [4.78, 5) is 7.08. The van der Waals surface area contributed by atoms with Gasteiger partial charge in [-0.25, -0.2) is 0 Å². The second-order valence-electron chi connectivity index (χ2n) is 7.78. The van der Waals surface area contributed by atoms with Crippen molar-refractivity contribution in [3.63, 3.8) is 0 Å². The molecule has 0 aliphatic carbocycles. The molecule has 0 bridgehead atoms. The number of nitrogens with one attached hydrogen (secondary N) is 2. The van der Waals surface area contributed by atoms with Crippen LogP contribution in [-0.2, 0) is 0 Å². The summed E-state index contributed by atoms with van der Waals surface area (Å²) in [5.74, 6) is 0.874. The number of rotatable bonds is 11. The third-order valence-corrected chi connectivity index (χ3v) is 5.72. The largest absolute Gasteiger partial charge is 0.497 e. The zero-order valence-corrected chi connectivity index (χ0v) is 17.5. The Labute approximate surface area is 169 Å². The highest BCUT2D eigenvalue weighted by Crippen LogP contribution is 2.27. The number of fused-ring (bicyclic) bond motifs is 1. The van der Waals surface area contributed by atoms with Gasteiger partial charge in [0.05, 0.1) is 18.3 Å². The highest BCUT2D eigenvalue weighted by atomic mass is 16.5. The van der Waals surface area contributed by atoms with Crippen LogP contribution in [0.25, 0.3) is 10.9 Å². The van der Waals surface area contributed by atoms with Gasteiger partial charge in [0.1, 0.15) is 5.75 Å². The lowest BCUT2D eigenvalue weighted by molar-refractivity contribution is 0.199. The summed E-state index contributed by atoms with van der Waals surface area (Å²) in [6, 6.07) is 8.82. The van der Waals surface area contributed by atoms with Gasteiger partial charge in [0.15, 0.2) is 0 Å². The van der Waals surface area contributed by atoms with Gasteiger partial charge in [-0.05, 0) is 57.5 Å². The van der Waals surface area contributed by atoms with E-state index in [0.29, 0.717) is 6.04 Å². The van der Waals surface area contributed by atoms with Crippen LogP contribution in [0.4, 0.5) is 5.69 Å². The van der Waals surface area contributed by atoms with E-state index >= 15 is 0 Å². The van der Waals surface area contributed by atoms with Gasteiger partial charge in [-0.3, -0.25) is 4.98 Å². The first kappa shape index (κ1) is 20.9. The number of hydrogen-bond donors (Lipinski definition) is 2. The lowest BCUT2D eigenvalue weighted by Gasteiger charge is -2.32. The molecule has 1 aromatic carbocycles. The van der Waals surface area contributed by atoms with Crippen molar-refractivity contribution in [3.05, 3.63) is 30.5 Å². The zero-order valence-electron chi connectivity index (χ0n) is 17.5. The second kappa shape index (κ2) is 11.2. The molecule has 1 fully saturated rings. The number of aromatic nitrogens is 1. The van der Waals surface area contributed by atoms with Gasteiger partial charge in [0.2, 0.25) is 0 Å². The number of piperidine rings is 1. The van der Waals surface area contributed by atoms with E-state index in [2.05, 4.69) is 33.5 Å². The molecule has 2 aromatic rings. The molecule has 5 nitrogen and oxygen atoms in total. The molecule has 3 rings (SSSR count). The molecule has 1 saturated heterocycles. The SMILES string of the molecule is CCN1CCCC(NCCCCCCNc2cc(OC)cc3cccnc23)C1. The maximum atomic E-state index is 5.42. The molecule has 154 valence electrons. The number of pyridine rings is 1. The summed E-state index contributed by atoms with van der Waals surface area (Å²) in [6.45, 7) is 8.08. The Morgan fingerprint density at radius 2 is 2.04 bits per heavy atom. The smallest absolute Gasteiger partial charge is 0.121 e. The molecule has 1 aliphatic rings. The number of ether oxygens (including phenoxy) is 1. The third kappa shape index (κ3) is 6.08. The first-order chi connectivity index (χ1) is 13.8. The normalized spacial score (nSPS) is 17.7. The van der Waals surface area contributed by atoms with Crippen LogP contribution in [0, 0.1) is 0 Å². The van der Waals surface area contributed by atoms with Crippen LogP contribution in [-0.4, -0.2) is 55.8 Å². The van der Waals surface area contributed by atoms with Crippen LogP contribution in [0.3, 0.4) is 0 Å². The molecule has 0 radical (unpaired) electrons. The van der Waals surface area contributed by atoms with Crippen LogP contribution in [0.1, 0.15) is 45.4 Å². The summed E-state index contributed by atoms with van der Waals surface area (Å²) >= 11 is 0. The van der Waals surface area contributed by atoms with Crippen LogP contribution < -0.4 is 15.4 Å². The number of unbranched alkanes of at least 4 members (excludes halogenated alkanes) is 3. The highest BCUT2D eigenvalue weighted by Gasteiger charge is 2.17. The van der Waals surface area contributed by atoms with Gasteiger partial charge in [-0.2, -0.15) is 0 Å². The number of benzene rings is 1. The van der Waals surface area contributed by atoms with Crippen molar-refractivity contribution in [2.24, 2.45) is 0 Å². The third-order valence-electron chi connectivity index (χ3n) is 5.72. The standard InChI is InChI=1S/C23H36N4O/c1-3-27-15-9-11-20(18-27)24-12-6-4-5-7-13-25-22-17-21(28-2)16-19-10-8-14-26-23(19)22/h8,10,14,16-17,20,24-25H,3-7,9,11-13,15,18H2,1-2H3. The molecule has 1 aromatic heterocycles. The number of likely N-dealkylation sites (N-methyl/N-ethyl adjacent to an activating group) is 1. The van der Waals surface area contributed by atoms with E-state index in [1.165, 1.54) is 58.2 Å². The molecular formula is C23H36N4O. The molecule has 5 heteroatoms. The minimum absolute atomic E-state index is 0.698. The quantitative estimate of drug-likeness (QED) is 0.566. The zero-order chi connectivity index (χ0) is 19.6. The van der Waals surface area contributed by atoms with Crippen LogP contribution >= 0.6 is 0 Å². The van der Waals surface area contributed by atoms with Crippen LogP contribution in [0.15, 0.2) is 30.5 Å². The summed E-state index contributed by atoms with van der Waals surface area (Å²) in [7, 11) is 1.71. The molecule has 0 amide bonds. The van der Waals surface area contributed by atoms with Gasteiger partial charge in [0, 0.05) is 36.8 Å². The summed E-state index contributed by atoms with van der Waals surface area (Å²) < 4.78 is 5.42. The summed E-state index contributed by atoms with van der Waals surface area (Å²) in [6.07, 6.45) is 9.52. The predicted octanol–water partition coefficient (Wildman–Crippen LogP) is 4.29. The monoisotopic (exact) mass is 384 g/mol. The van der Waals surface area contributed by atoms with Gasteiger partial charge in [-0.15, -0.1) is 0 Å². The van der Waals surface area contributed by atoms with Crippen molar-refractivity contribution >= 4 is 16.6 Å². The molecule has 2 heterocycles. The Bertz CT molecular complexity index is 721. The number of likely N-dealkylation sites (tertiary alicyclic amines) is 1. The Kier molecular flexibility index (Phi) is 8.37. The Hall–Kier alpha value is -1.85. The average Bonchev–Trinajstić information content (AvgIpc) is 2.75. The van der Waals surface area contributed by atoms with E-state index in [4.69, 9.17) is 4.74 Å². The van der Waals surface area contributed by atoms with Crippen LogP contribution in [0.5, 0.6) is 5.75 Å².